The molecule has 0 radical (unpaired) electrons. The van der Waals surface area contributed by atoms with E-state index in [0.717, 1.165) is 34.1 Å². The van der Waals surface area contributed by atoms with Crippen LogP contribution in [0.4, 0.5) is 0 Å². The number of rotatable bonds is 4. The fourth-order valence-electron chi connectivity index (χ4n) is 3.66. The highest BCUT2D eigenvalue weighted by molar-refractivity contribution is 7.17. The van der Waals surface area contributed by atoms with Crippen molar-refractivity contribution in [3.05, 3.63) is 45.8 Å². The van der Waals surface area contributed by atoms with E-state index in [2.05, 4.69) is 16.8 Å². The Morgan fingerprint density at radius 1 is 1.38 bits per heavy atom. The molecule has 3 aromatic rings. The molecule has 1 fully saturated rings. The Balaban J connectivity index is 1.70. The topological polar surface area (TPSA) is 58.2 Å². The fourth-order valence-corrected chi connectivity index (χ4v) is 4.62. The molecule has 0 bridgehead atoms. The summed E-state index contributed by atoms with van der Waals surface area (Å²) < 4.78 is 5.31. The number of hydrogen-bond acceptors (Lipinski definition) is 5. The van der Waals surface area contributed by atoms with Gasteiger partial charge in [0, 0.05) is 17.0 Å². The molecule has 5 nitrogen and oxygen atoms in total. The molecule has 136 valence electrons. The van der Waals surface area contributed by atoms with Gasteiger partial charge in [0.15, 0.2) is 0 Å². The van der Waals surface area contributed by atoms with Crippen molar-refractivity contribution >= 4 is 21.6 Å². The lowest BCUT2D eigenvalue weighted by molar-refractivity contribution is 0.149. The number of fused-ring (bicyclic) bond motifs is 1. The average Bonchev–Trinajstić information content (AvgIpc) is 3.08. The largest absolute Gasteiger partial charge is 0.497 e. The molecule has 26 heavy (non-hydrogen) atoms. The van der Waals surface area contributed by atoms with Gasteiger partial charge in [-0.15, -0.1) is 11.3 Å². The molecule has 1 atom stereocenters. The molecule has 0 spiro atoms. The Morgan fingerprint density at radius 2 is 2.27 bits per heavy atom. The number of ether oxygens (including phenoxy) is 1. The van der Waals surface area contributed by atoms with Crippen LogP contribution in [0.25, 0.3) is 21.3 Å². The number of benzene rings is 1. The monoisotopic (exact) mass is 369 g/mol. The summed E-state index contributed by atoms with van der Waals surface area (Å²) >= 11 is 1.52. The lowest BCUT2D eigenvalue weighted by Crippen LogP contribution is -2.37. The molecule has 1 saturated heterocycles. The lowest BCUT2D eigenvalue weighted by atomic mass is 10.0. The molecule has 1 aliphatic heterocycles. The van der Waals surface area contributed by atoms with Crippen molar-refractivity contribution in [2.45, 2.75) is 38.8 Å². The van der Waals surface area contributed by atoms with Crippen molar-refractivity contribution in [2.75, 3.05) is 13.7 Å². The SMILES string of the molecule is COc1cccc(-c2csc3nc(CN4CCCC[C@@H]4C)[nH]c(=O)c23)c1. The normalized spacial score (nSPS) is 18.3. The van der Waals surface area contributed by atoms with E-state index >= 15 is 0 Å². The van der Waals surface area contributed by atoms with Crippen molar-refractivity contribution in [3.63, 3.8) is 0 Å². The van der Waals surface area contributed by atoms with E-state index < -0.39 is 0 Å². The molecular weight excluding hydrogens is 346 g/mol. The standard InChI is InChI=1S/C20H23N3O2S/c1-13-6-3-4-9-23(13)11-17-21-19(24)18-16(12-26-20(18)22-17)14-7-5-8-15(10-14)25-2/h5,7-8,10,12-13H,3-4,6,9,11H2,1-2H3,(H,21,22,24)/t13-/m0/s1. The highest BCUT2D eigenvalue weighted by Gasteiger charge is 2.20. The molecule has 0 amide bonds. The molecule has 0 saturated carbocycles. The number of aromatic nitrogens is 2. The summed E-state index contributed by atoms with van der Waals surface area (Å²) in [6, 6.07) is 8.32. The van der Waals surface area contributed by atoms with E-state index in [0.29, 0.717) is 18.0 Å². The maximum Gasteiger partial charge on any atom is 0.260 e. The lowest BCUT2D eigenvalue weighted by Gasteiger charge is -2.32. The Kier molecular flexibility index (Phi) is 4.78. The number of likely N-dealkylation sites (tertiary alicyclic amines) is 1. The van der Waals surface area contributed by atoms with Gasteiger partial charge in [-0.05, 0) is 44.0 Å². The molecule has 0 aliphatic carbocycles. The zero-order chi connectivity index (χ0) is 18.1. The Bertz CT molecular complexity index is 979. The van der Waals surface area contributed by atoms with Crippen LogP contribution in [0.1, 0.15) is 32.0 Å². The van der Waals surface area contributed by atoms with E-state index in [-0.39, 0.29) is 5.56 Å². The smallest absolute Gasteiger partial charge is 0.260 e. The molecule has 1 N–H and O–H groups in total. The predicted octanol–water partition coefficient (Wildman–Crippen LogP) is 4.03. The minimum absolute atomic E-state index is 0.0614. The quantitative estimate of drug-likeness (QED) is 0.754. The summed E-state index contributed by atoms with van der Waals surface area (Å²) in [5, 5.41) is 2.67. The number of nitrogens with one attached hydrogen (secondary N) is 1. The Labute approximate surface area is 156 Å². The molecule has 1 aromatic carbocycles. The van der Waals surface area contributed by atoms with Crippen molar-refractivity contribution in [2.24, 2.45) is 0 Å². The number of piperidine rings is 1. The number of H-pyrrole nitrogens is 1. The number of aromatic amines is 1. The van der Waals surface area contributed by atoms with Gasteiger partial charge in [0.25, 0.3) is 5.56 Å². The summed E-state index contributed by atoms with van der Waals surface area (Å²) in [5.41, 5.74) is 1.82. The van der Waals surface area contributed by atoms with Gasteiger partial charge >= 0.3 is 0 Å². The highest BCUT2D eigenvalue weighted by Crippen LogP contribution is 2.32. The van der Waals surface area contributed by atoms with Crippen LogP contribution in [-0.2, 0) is 6.54 Å². The van der Waals surface area contributed by atoms with Crippen molar-refractivity contribution in [1.82, 2.24) is 14.9 Å². The molecular formula is C20H23N3O2S. The molecule has 0 unspecified atom stereocenters. The summed E-state index contributed by atoms with van der Waals surface area (Å²) in [4.78, 5) is 23.8. The summed E-state index contributed by atoms with van der Waals surface area (Å²) in [6.45, 7) is 4.03. The van der Waals surface area contributed by atoms with Gasteiger partial charge in [0.2, 0.25) is 0 Å². The second kappa shape index (κ2) is 7.21. The van der Waals surface area contributed by atoms with Crippen LogP contribution in [0.2, 0.25) is 0 Å². The third-order valence-corrected chi connectivity index (χ3v) is 6.04. The van der Waals surface area contributed by atoms with Crippen LogP contribution < -0.4 is 10.3 Å². The maximum absolute atomic E-state index is 12.8. The zero-order valence-corrected chi connectivity index (χ0v) is 15.9. The van der Waals surface area contributed by atoms with Gasteiger partial charge in [-0.2, -0.15) is 0 Å². The van der Waals surface area contributed by atoms with E-state index in [1.807, 2.05) is 29.6 Å². The van der Waals surface area contributed by atoms with Crippen LogP contribution in [0.15, 0.2) is 34.4 Å². The third kappa shape index (κ3) is 3.27. The number of thiophene rings is 1. The molecule has 6 heteroatoms. The van der Waals surface area contributed by atoms with Gasteiger partial charge in [-0.3, -0.25) is 9.69 Å². The Hall–Kier alpha value is -2.18. The Morgan fingerprint density at radius 3 is 3.08 bits per heavy atom. The van der Waals surface area contributed by atoms with Crippen LogP contribution in [0, 0.1) is 0 Å². The first-order valence-corrected chi connectivity index (χ1v) is 9.92. The van der Waals surface area contributed by atoms with Gasteiger partial charge in [0.1, 0.15) is 16.4 Å². The average molecular weight is 369 g/mol. The van der Waals surface area contributed by atoms with Crippen molar-refractivity contribution < 1.29 is 4.74 Å². The van der Waals surface area contributed by atoms with Crippen molar-refractivity contribution in [1.29, 1.82) is 0 Å². The first-order chi connectivity index (χ1) is 12.7. The number of methoxy groups -OCH3 is 1. The molecule has 1 aliphatic rings. The second-order valence-electron chi connectivity index (χ2n) is 6.89. The van der Waals surface area contributed by atoms with Crippen molar-refractivity contribution in [3.8, 4) is 16.9 Å². The molecule has 3 heterocycles. The van der Waals surface area contributed by atoms with Crippen LogP contribution in [0.5, 0.6) is 5.75 Å². The summed E-state index contributed by atoms with van der Waals surface area (Å²) in [5.74, 6) is 1.54. The van der Waals surface area contributed by atoms with Gasteiger partial charge in [0.05, 0.1) is 19.0 Å². The number of hydrogen-bond donors (Lipinski definition) is 1. The van der Waals surface area contributed by atoms with E-state index in [1.54, 1.807) is 7.11 Å². The minimum atomic E-state index is -0.0614. The second-order valence-corrected chi connectivity index (χ2v) is 7.75. The van der Waals surface area contributed by atoms with Crippen LogP contribution in [0.3, 0.4) is 0 Å². The first-order valence-electron chi connectivity index (χ1n) is 9.04. The first kappa shape index (κ1) is 17.2. The maximum atomic E-state index is 12.8. The van der Waals surface area contributed by atoms with Crippen LogP contribution >= 0.6 is 11.3 Å². The fraction of sp³-hybridized carbons (Fsp3) is 0.400. The zero-order valence-electron chi connectivity index (χ0n) is 15.1. The van der Waals surface area contributed by atoms with Gasteiger partial charge in [-0.1, -0.05) is 18.6 Å². The predicted molar refractivity (Wildman–Crippen MR) is 106 cm³/mol. The third-order valence-electron chi connectivity index (χ3n) is 5.17. The van der Waals surface area contributed by atoms with Gasteiger partial charge in [-0.25, -0.2) is 4.98 Å². The van der Waals surface area contributed by atoms with Crippen LogP contribution in [-0.4, -0.2) is 34.6 Å². The summed E-state index contributed by atoms with van der Waals surface area (Å²) in [7, 11) is 1.65. The molecule has 4 rings (SSSR count). The highest BCUT2D eigenvalue weighted by atomic mass is 32.1. The van der Waals surface area contributed by atoms with E-state index in [1.165, 1.54) is 30.6 Å². The summed E-state index contributed by atoms with van der Waals surface area (Å²) in [6.07, 6.45) is 3.72. The minimum Gasteiger partial charge on any atom is -0.497 e. The number of nitrogens with zero attached hydrogens (tertiary/aromatic N) is 2. The van der Waals surface area contributed by atoms with Gasteiger partial charge < -0.3 is 9.72 Å². The molecule has 2 aromatic heterocycles. The van der Waals surface area contributed by atoms with E-state index in [4.69, 9.17) is 9.72 Å². The van der Waals surface area contributed by atoms with E-state index in [9.17, 15) is 4.79 Å².